The molecule has 1 aliphatic heterocycles. The summed E-state index contributed by atoms with van der Waals surface area (Å²) >= 11 is 0. The predicted octanol–water partition coefficient (Wildman–Crippen LogP) is 1.61. The average molecular weight is 261 g/mol. The zero-order chi connectivity index (χ0) is 13.7. The Morgan fingerprint density at radius 3 is 2.89 bits per heavy atom. The Balaban J connectivity index is 1.93. The molecule has 1 fully saturated rings. The molecule has 1 aromatic rings. The van der Waals surface area contributed by atoms with Crippen LogP contribution in [0.25, 0.3) is 0 Å². The standard InChI is InChI=1S/C15H23N3O/c1-18(2)14(19)15(10-6-12-17-15)9-5-8-13-7-3-4-11-16-13/h3-4,7,11,17H,5-6,8-10,12H2,1-2H3/t15-/m0/s1. The van der Waals surface area contributed by atoms with Crippen molar-refractivity contribution < 1.29 is 4.79 Å². The minimum absolute atomic E-state index is 0.214. The summed E-state index contributed by atoms with van der Waals surface area (Å²) in [5.41, 5.74) is 0.770. The van der Waals surface area contributed by atoms with Crippen LogP contribution in [0.15, 0.2) is 24.4 Å². The molecule has 1 aromatic heterocycles. The Kier molecular flexibility index (Phi) is 4.53. The summed E-state index contributed by atoms with van der Waals surface area (Å²) in [6.45, 7) is 0.948. The summed E-state index contributed by atoms with van der Waals surface area (Å²) < 4.78 is 0. The zero-order valence-electron chi connectivity index (χ0n) is 11.9. The molecule has 4 heteroatoms. The van der Waals surface area contributed by atoms with Crippen molar-refractivity contribution in [1.82, 2.24) is 15.2 Å². The fraction of sp³-hybridized carbons (Fsp3) is 0.600. The van der Waals surface area contributed by atoms with Gasteiger partial charge in [-0.1, -0.05) is 6.07 Å². The number of rotatable bonds is 5. The second-order valence-electron chi connectivity index (χ2n) is 5.49. The van der Waals surface area contributed by atoms with E-state index in [-0.39, 0.29) is 11.4 Å². The average Bonchev–Trinajstić information content (AvgIpc) is 2.89. The third-order valence-corrected chi connectivity index (χ3v) is 3.82. The van der Waals surface area contributed by atoms with Crippen LogP contribution in [-0.4, -0.2) is 42.0 Å². The molecule has 2 rings (SSSR count). The summed E-state index contributed by atoms with van der Waals surface area (Å²) in [6, 6.07) is 5.98. The van der Waals surface area contributed by atoms with Crippen molar-refractivity contribution in [2.45, 2.75) is 37.6 Å². The molecule has 19 heavy (non-hydrogen) atoms. The number of aryl methyl sites for hydroxylation is 1. The van der Waals surface area contributed by atoms with Crippen LogP contribution in [0.4, 0.5) is 0 Å². The van der Waals surface area contributed by atoms with Gasteiger partial charge in [-0.25, -0.2) is 0 Å². The number of hydrogen-bond donors (Lipinski definition) is 1. The minimum atomic E-state index is -0.335. The van der Waals surface area contributed by atoms with Gasteiger partial charge in [0.15, 0.2) is 0 Å². The molecule has 0 bridgehead atoms. The van der Waals surface area contributed by atoms with Gasteiger partial charge in [-0.05, 0) is 50.8 Å². The maximum atomic E-state index is 12.4. The number of amides is 1. The fourth-order valence-corrected chi connectivity index (χ4v) is 2.85. The molecule has 1 saturated heterocycles. The second-order valence-corrected chi connectivity index (χ2v) is 5.49. The van der Waals surface area contributed by atoms with Gasteiger partial charge in [0.2, 0.25) is 5.91 Å². The van der Waals surface area contributed by atoms with Crippen molar-refractivity contribution in [1.29, 1.82) is 0 Å². The molecule has 1 amide bonds. The summed E-state index contributed by atoms with van der Waals surface area (Å²) in [5.74, 6) is 0.214. The fourth-order valence-electron chi connectivity index (χ4n) is 2.85. The van der Waals surface area contributed by atoms with E-state index in [2.05, 4.69) is 10.3 Å². The van der Waals surface area contributed by atoms with E-state index in [1.807, 2.05) is 38.5 Å². The molecule has 1 atom stereocenters. The number of carbonyl (C=O) groups is 1. The first-order chi connectivity index (χ1) is 9.14. The highest BCUT2D eigenvalue weighted by Gasteiger charge is 2.41. The number of nitrogens with one attached hydrogen (secondary N) is 1. The number of nitrogens with zero attached hydrogens (tertiary/aromatic N) is 2. The van der Waals surface area contributed by atoms with Crippen molar-refractivity contribution in [2.75, 3.05) is 20.6 Å². The Morgan fingerprint density at radius 2 is 2.32 bits per heavy atom. The van der Waals surface area contributed by atoms with E-state index in [1.165, 1.54) is 0 Å². The van der Waals surface area contributed by atoms with Crippen molar-refractivity contribution in [3.8, 4) is 0 Å². The van der Waals surface area contributed by atoms with E-state index >= 15 is 0 Å². The van der Waals surface area contributed by atoms with Gasteiger partial charge in [-0.15, -0.1) is 0 Å². The van der Waals surface area contributed by atoms with Gasteiger partial charge in [0.1, 0.15) is 0 Å². The number of hydrogen-bond acceptors (Lipinski definition) is 3. The molecular weight excluding hydrogens is 238 g/mol. The number of pyridine rings is 1. The quantitative estimate of drug-likeness (QED) is 0.876. The lowest BCUT2D eigenvalue weighted by atomic mass is 9.89. The molecule has 0 aromatic carbocycles. The maximum absolute atomic E-state index is 12.4. The molecule has 0 spiro atoms. The van der Waals surface area contributed by atoms with Gasteiger partial charge in [0.25, 0.3) is 0 Å². The molecule has 0 radical (unpaired) electrons. The van der Waals surface area contributed by atoms with Crippen LogP contribution in [-0.2, 0) is 11.2 Å². The first-order valence-electron chi connectivity index (χ1n) is 7.01. The Hall–Kier alpha value is -1.42. The SMILES string of the molecule is CN(C)C(=O)[C@]1(CCCc2ccccn2)CCCN1. The Bertz CT molecular complexity index is 411. The lowest BCUT2D eigenvalue weighted by Crippen LogP contribution is -2.53. The van der Waals surface area contributed by atoms with Gasteiger partial charge in [-0.2, -0.15) is 0 Å². The first-order valence-corrected chi connectivity index (χ1v) is 7.01. The van der Waals surface area contributed by atoms with Gasteiger partial charge in [-0.3, -0.25) is 9.78 Å². The van der Waals surface area contributed by atoms with Crippen LogP contribution in [0, 0.1) is 0 Å². The highest BCUT2D eigenvalue weighted by Crippen LogP contribution is 2.27. The summed E-state index contributed by atoms with van der Waals surface area (Å²) in [6.07, 6.45) is 6.68. The van der Waals surface area contributed by atoms with Crippen molar-refractivity contribution in [3.63, 3.8) is 0 Å². The lowest BCUT2D eigenvalue weighted by Gasteiger charge is -2.31. The van der Waals surface area contributed by atoms with E-state index in [9.17, 15) is 4.79 Å². The third kappa shape index (κ3) is 3.32. The highest BCUT2D eigenvalue weighted by molar-refractivity contribution is 5.86. The van der Waals surface area contributed by atoms with Crippen LogP contribution in [0.1, 0.15) is 31.4 Å². The highest BCUT2D eigenvalue weighted by atomic mass is 16.2. The second kappa shape index (κ2) is 6.15. The van der Waals surface area contributed by atoms with E-state index in [0.29, 0.717) is 0 Å². The molecule has 2 heterocycles. The monoisotopic (exact) mass is 261 g/mol. The molecule has 0 unspecified atom stereocenters. The molecule has 0 saturated carbocycles. The first kappa shape index (κ1) is 14.0. The Labute approximate surface area is 115 Å². The molecule has 1 N–H and O–H groups in total. The van der Waals surface area contributed by atoms with Crippen LogP contribution >= 0.6 is 0 Å². The molecule has 104 valence electrons. The Morgan fingerprint density at radius 1 is 1.47 bits per heavy atom. The molecule has 0 aliphatic carbocycles. The van der Waals surface area contributed by atoms with Gasteiger partial charge in [0.05, 0.1) is 5.54 Å². The van der Waals surface area contributed by atoms with Crippen molar-refractivity contribution in [3.05, 3.63) is 30.1 Å². The summed E-state index contributed by atoms with van der Waals surface area (Å²) in [7, 11) is 3.67. The van der Waals surface area contributed by atoms with Crippen LogP contribution in [0.5, 0.6) is 0 Å². The third-order valence-electron chi connectivity index (χ3n) is 3.82. The smallest absolute Gasteiger partial charge is 0.242 e. The van der Waals surface area contributed by atoms with E-state index < -0.39 is 0 Å². The number of carbonyl (C=O) groups excluding carboxylic acids is 1. The minimum Gasteiger partial charge on any atom is -0.347 e. The molecular formula is C15H23N3O. The van der Waals surface area contributed by atoms with Gasteiger partial charge < -0.3 is 10.2 Å². The van der Waals surface area contributed by atoms with Crippen molar-refractivity contribution >= 4 is 5.91 Å². The van der Waals surface area contributed by atoms with Gasteiger partial charge >= 0.3 is 0 Å². The number of aromatic nitrogens is 1. The zero-order valence-corrected chi connectivity index (χ0v) is 11.9. The van der Waals surface area contributed by atoms with E-state index in [1.54, 1.807) is 4.90 Å². The van der Waals surface area contributed by atoms with Gasteiger partial charge in [0, 0.05) is 26.0 Å². The molecule has 4 nitrogen and oxygen atoms in total. The maximum Gasteiger partial charge on any atom is 0.242 e. The summed E-state index contributed by atoms with van der Waals surface area (Å²) in [5, 5.41) is 3.43. The van der Waals surface area contributed by atoms with Crippen LogP contribution in [0.3, 0.4) is 0 Å². The topological polar surface area (TPSA) is 45.2 Å². The van der Waals surface area contributed by atoms with Crippen molar-refractivity contribution in [2.24, 2.45) is 0 Å². The summed E-state index contributed by atoms with van der Waals surface area (Å²) in [4.78, 5) is 18.4. The predicted molar refractivity (Wildman–Crippen MR) is 75.8 cm³/mol. The largest absolute Gasteiger partial charge is 0.347 e. The van der Waals surface area contributed by atoms with E-state index in [4.69, 9.17) is 0 Å². The molecule has 1 aliphatic rings. The number of likely N-dealkylation sites (N-methyl/N-ethyl adjacent to an activating group) is 1. The van der Waals surface area contributed by atoms with E-state index in [0.717, 1.165) is 44.3 Å². The van der Waals surface area contributed by atoms with Crippen LogP contribution in [0.2, 0.25) is 0 Å². The lowest BCUT2D eigenvalue weighted by molar-refractivity contribution is -0.135. The van der Waals surface area contributed by atoms with Crippen LogP contribution < -0.4 is 5.32 Å². The normalized spacial score (nSPS) is 22.4.